The number of hydrogen-bond donors (Lipinski definition) is 1. The highest BCUT2D eigenvalue weighted by Gasteiger charge is 2.07. The van der Waals surface area contributed by atoms with Crippen LogP contribution in [0.1, 0.15) is 21.5 Å². The number of carboxylic acid groups (broad SMARTS) is 1. The molecule has 0 aliphatic heterocycles. The summed E-state index contributed by atoms with van der Waals surface area (Å²) >= 11 is 3.51. The van der Waals surface area contributed by atoms with Crippen molar-refractivity contribution in [3.63, 3.8) is 0 Å². The Bertz CT molecular complexity index is 971. The van der Waals surface area contributed by atoms with Gasteiger partial charge >= 0.3 is 5.97 Å². The zero-order chi connectivity index (χ0) is 18.5. The van der Waals surface area contributed by atoms with Gasteiger partial charge in [-0.05, 0) is 41.1 Å². The van der Waals surface area contributed by atoms with E-state index in [1.807, 2.05) is 42.5 Å². The normalized spacial score (nSPS) is 11.5. The second-order valence-corrected chi connectivity index (χ2v) is 6.64. The van der Waals surface area contributed by atoms with Gasteiger partial charge in [-0.2, -0.15) is 0 Å². The number of halogens is 1. The molecule has 0 bridgehead atoms. The Labute approximate surface area is 161 Å². The molecule has 4 heteroatoms. The van der Waals surface area contributed by atoms with Crippen LogP contribution in [0.3, 0.4) is 0 Å². The minimum atomic E-state index is -0.905. The van der Waals surface area contributed by atoms with E-state index in [1.165, 1.54) is 0 Å². The van der Waals surface area contributed by atoms with Crippen molar-refractivity contribution >= 4 is 38.7 Å². The van der Waals surface area contributed by atoms with E-state index in [1.54, 1.807) is 13.0 Å². The van der Waals surface area contributed by atoms with Crippen LogP contribution in [0.25, 0.3) is 16.8 Å². The molecule has 3 nitrogen and oxygen atoms in total. The van der Waals surface area contributed by atoms with Crippen LogP contribution in [-0.4, -0.2) is 23.0 Å². The molecule has 0 aromatic heterocycles. The third-order valence-corrected chi connectivity index (χ3v) is 4.91. The fourth-order valence-electron chi connectivity index (χ4n) is 2.86. The minimum absolute atomic E-state index is 0.328. The molecule has 0 unspecified atom stereocenters. The first-order chi connectivity index (χ1) is 12.6. The van der Waals surface area contributed by atoms with Gasteiger partial charge in [-0.15, -0.1) is 0 Å². The van der Waals surface area contributed by atoms with Gasteiger partial charge in [0.2, 0.25) is 0 Å². The van der Waals surface area contributed by atoms with Gasteiger partial charge in [-0.1, -0.05) is 70.5 Å². The number of benzene rings is 3. The van der Waals surface area contributed by atoms with E-state index in [0.717, 1.165) is 33.2 Å². The number of fused-ring (bicyclic) bond motifs is 1. The number of alkyl halides is 1. The topological polar surface area (TPSA) is 46.5 Å². The van der Waals surface area contributed by atoms with Crippen LogP contribution in [0, 0.1) is 6.92 Å². The fraction of sp³-hybridized carbons (Fsp3) is 0.136. The lowest BCUT2D eigenvalue weighted by atomic mass is 10.0. The zero-order valence-electron chi connectivity index (χ0n) is 14.4. The maximum absolute atomic E-state index is 11.1. The van der Waals surface area contributed by atoms with Gasteiger partial charge in [0.1, 0.15) is 12.4 Å². The summed E-state index contributed by atoms with van der Waals surface area (Å²) in [6.45, 7) is 2.26. The molecule has 3 aromatic carbocycles. The summed E-state index contributed by atoms with van der Waals surface area (Å²) in [4.78, 5) is 11.1. The highest BCUT2D eigenvalue weighted by molar-refractivity contribution is 9.09. The van der Waals surface area contributed by atoms with E-state index >= 15 is 0 Å². The maximum Gasteiger partial charge on any atom is 0.335 e. The Balaban J connectivity index is 1.80. The molecule has 0 aliphatic rings. The SMILES string of the molecule is Cc1cc(C=C(CBr)COc2cccc3ccccc23)ccc1C(=O)O. The highest BCUT2D eigenvalue weighted by atomic mass is 79.9. The molecule has 1 N–H and O–H groups in total. The molecule has 3 rings (SSSR count). The third-order valence-electron chi connectivity index (χ3n) is 4.19. The first-order valence-corrected chi connectivity index (χ1v) is 9.40. The first kappa shape index (κ1) is 18.2. The van der Waals surface area contributed by atoms with Gasteiger partial charge < -0.3 is 9.84 Å². The summed E-state index contributed by atoms with van der Waals surface area (Å²) in [5.74, 6) is -0.0506. The Morgan fingerprint density at radius 3 is 2.62 bits per heavy atom. The maximum atomic E-state index is 11.1. The molecule has 0 amide bonds. The van der Waals surface area contributed by atoms with Crippen molar-refractivity contribution < 1.29 is 14.6 Å². The summed E-state index contributed by atoms with van der Waals surface area (Å²) in [6, 6.07) is 19.5. The Morgan fingerprint density at radius 1 is 1.12 bits per heavy atom. The predicted octanol–water partition coefficient (Wildman–Crippen LogP) is 5.70. The number of carbonyl (C=O) groups is 1. The molecule has 0 atom stereocenters. The second kappa shape index (κ2) is 8.19. The van der Waals surface area contributed by atoms with Crippen LogP contribution in [0.2, 0.25) is 0 Å². The van der Waals surface area contributed by atoms with Gasteiger partial charge in [0.25, 0.3) is 0 Å². The van der Waals surface area contributed by atoms with Gasteiger partial charge in [-0.25, -0.2) is 4.79 Å². The number of aromatic carboxylic acids is 1. The number of ether oxygens (including phenoxy) is 1. The lowest BCUT2D eigenvalue weighted by Crippen LogP contribution is -2.03. The van der Waals surface area contributed by atoms with Crippen LogP contribution in [-0.2, 0) is 0 Å². The molecule has 0 spiro atoms. The quantitative estimate of drug-likeness (QED) is 0.529. The summed E-state index contributed by atoms with van der Waals surface area (Å²) < 4.78 is 6.04. The van der Waals surface area contributed by atoms with E-state index in [9.17, 15) is 4.79 Å². The van der Waals surface area contributed by atoms with Crippen molar-refractivity contribution in [3.8, 4) is 5.75 Å². The second-order valence-electron chi connectivity index (χ2n) is 6.08. The zero-order valence-corrected chi connectivity index (χ0v) is 16.0. The van der Waals surface area contributed by atoms with Gasteiger partial charge in [-0.3, -0.25) is 0 Å². The Morgan fingerprint density at radius 2 is 1.88 bits per heavy atom. The third kappa shape index (κ3) is 4.14. The van der Waals surface area contributed by atoms with Crippen LogP contribution >= 0.6 is 15.9 Å². The standard InChI is InChI=1S/C22H19BrO3/c1-15-11-16(9-10-19(15)22(24)25)12-17(13-23)14-26-21-8-4-6-18-5-2-3-7-20(18)21/h2-12H,13-14H2,1H3,(H,24,25). The number of aryl methyl sites for hydroxylation is 1. The number of carboxylic acids is 1. The molecule has 0 radical (unpaired) electrons. The van der Waals surface area contributed by atoms with Crippen LogP contribution in [0.5, 0.6) is 5.75 Å². The molecule has 0 saturated heterocycles. The molecule has 3 aromatic rings. The molecule has 0 fully saturated rings. The highest BCUT2D eigenvalue weighted by Crippen LogP contribution is 2.26. The summed E-state index contributed by atoms with van der Waals surface area (Å²) in [6.07, 6.45) is 2.03. The van der Waals surface area contributed by atoms with Crippen molar-refractivity contribution in [1.29, 1.82) is 0 Å². The minimum Gasteiger partial charge on any atom is -0.489 e. The molecular weight excluding hydrogens is 392 g/mol. The largest absolute Gasteiger partial charge is 0.489 e. The molecule has 0 aliphatic carbocycles. The van der Waals surface area contributed by atoms with Crippen LogP contribution in [0.15, 0.2) is 66.2 Å². The summed E-state index contributed by atoms with van der Waals surface area (Å²) in [5, 5.41) is 12.1. The fourth-order valence-corrected chi connectivity index (χ4v) is 3.19. The molecular formula is C22H19BrO3. The Hall–Kier alpha value is -2.59. The van der Waals surface area contributed by atoms with E-state index in [0.29, 0.717) is 17.5 Å². The van der Waals surface area contributed by atoms with Gasteiger partial charge in [0.15, 0.2) is 0 Å². The van der Waals surface area contributed by atoms with Crippen molar-refractivity contribution in [1.82, 2.24) is 0 Å². The summed E-state index contributed by atoms with van der Waals surface area (Å²) in [5.41, 5.74) is 3.11. The molecule has 0 saturated carbocycles. The lowest BCUT2D eigenvalue weighted by Gasteiger charge is -2.11. The van der Waals surface area contributed by atoms with E-state index in [2.05, 4.69) is 34.1 Å². The van der Waals surface area contributed by atoms with Crippen molar-refractivity contribution in [2.45, 2.75) is 6.92 Å². The van der Waals surface area contributed by atoms with Crippen molar-refractivity contribution in [3.05, 3.63) is 82.9 Å². The predicted molar refractivity (Wildman–Crippen MR) is 109 cm³/mol. The average Bonchev–Trinajstić information content (AvgIpc) is 2.64. The van der Waals surface area contributed by atoms with Gasteiger partial charge in [0.05, 0.1) is 5.56 Å². The number of hydrogen-bond acceptors (Lipinski definition) is 2. The van der Waals surface area contributed by atoms with E-state index in [-0.39, 0.29) is 0 Å². The average molecular weight is 411 g/mol. The monoisotopic (exact) mass is 410 g/mol. The van der Waals surface area contributed by atoms with Crippen LogP contribution in [0.4, 0.5) is 0 Å². The smallest absolute Gasteiger partial charge is 0.335 e. The van der Waals surface area contributed by atoms with Crippen molar-refractivity contribution in [2.75, 3.05) is 11.9 Å². The lowest BCUT2D eigenvalue weighted by molar-refractivity contribution is 0.0696. The number of rotatable bonds is 6. The summed E-state index contributed by atoms with van der Waals surface area (Å²) in [7, 11) is 0. The van der Waals surface area contributed by atoms with E-state index < -0.39 is 5.97 Å². The molecule has 26 heavy (non-hydrogen) atoms. The van der Waals surface area contributed by atoms with Crippen molar-refractivity contribution in [2.24, 2.45) is 0 Å². The van der Waals surface area contributed by atoms with Crippen LogP contribution < -0.4 is 4.74 Å². The Kier molecular flexibility index (Phi) is 5.74. The van der Waals surface area contributed by atoms with E-state index in [4.69, 9.17) is 9.84 Å². The van der Waals surface area contributed by atoms with Gasteiger partial charge in [0, 0.05) is 10.7 Å². The molecule has 132 valence electrons. The first-order valence-electron chi connectivity index (χ1n) is 8.28. The molecule has 0 heterocycles.